The molecule has 1 N–H and O–H groups in total. The summed E-state index contributed by atoms with van der Waals surface area (Å²) < 4.78 is 5.51. The van der Waals surface area contributed by atoms with Crippen molar-refractivity contribution < 1.29 is 4.74 Å². The van der Waals surface area contributed by atoms with Gasteiger partial charge in [0.05, 0.1) is 24.8 Å². The molecule has 0 radical (unpaired) electrons. The molecule has 0 aromatic heterocycles. The number of nitriles is 1. The van der Waals surface area contributed by atoms with Crippen molar-refractivity contribution in [3.05, 3.63) is 70.8 Å². The number of morpholine rings is 1. The van der Waals surface area contributed by atoms with Crippen LogP contribution in [0.1, 0.15) is 28.3 Å². The van der Waals surface area contributed by atoms with Crippen molar-refractivity contribution in [3.63, 3.8) is 0 Å². The second-order valence-electron chi connectivity index (χ2n) is 6.52. The van der Waals surface area contributed by atoms with Crippen molar-refractivity contribution in [2.24, 2.45) is 0 Å². The normalized spacial score (nSPS) is 16.3. The average molecular weight is 335 g/mol. The van der Waals surface area contributed by atoms with Crippen molar-refractivity contribution in [3.8, 4) is 6.07 Å². The molecule has 1 heterocycles. The van der Waals surface area contributed by atoms with Crippen LogP contribution in [0.3, 0.4) is 0 Å². The Morgan fingerprint density at radius 3 is 2.64 bits per heavy atom. The second-order valence-corrected chi connectivity index (χ2v) is 6.52. The lowest BCUT2D eigenvalue weighted by molar-refractivity contribution is 0.0161. The van der Waals surface area contributed by atoms with Crippen molar-refractivity contribution in [1.29, 1.82) is 5.26 Å². The molecule has 1 aliphatic heterocycles. The average Bonchev–Trinajstić information content (AvgIpc) is 2.67. The van der Waals surface area contributed by atoms with Crippen molar-refractivity contribution >= 4 is 0 Å². The van der Waals surface area contributed by atoms with Gasteiger partial charge in [0.2, 0.25) is 0 Å². The first-order chi connectivity index (χ1) is 12.3. The lowest BCUT2D eigenvalue weighted by Crippen LogP contribution is -2.42. The smallest absolute Gasteiger partial charge is 0.0991 e. The minimum Gasteiger partial charge on any atom is -0.379 e. The van der Waals surface area contributed by atoms with Gasteiger partial charge in [-0.3, -0.25) is 4.90 Å². The molecule has 2 aromatic rings. The van der Waals surface area contributed by atoms with E-state index < -0.39 is 0 Å². The first kappa shape index (κ1) is 17.6. The Kier molecular flexibility index (Phi) is 6.19. The molecule has 4 heteroatoms. The first-order valence-electron chi connectivity index (χ1n) is 8.84. The van der Waals surface area contributed by atoms with Crippen LogP contribution in [0, 0.1) is 18.3 Å². The van der Waals surface area contributed by atoms with Crippen LogP contribution in [0.25, 0.3) is 0 Å². The van der Waals surface area contributed by atoms with Crippen LogP contribution in [0.5, 0.6) is 0 Å². The van der Waals surface area contributed by atoms with E-state index in [4.69, 9.17) is 10.00 Å². The highest BCUT2D eigenvalue weighted by Gasteiger charge is 2.22. The van der Waals surface area contributed by atoms with E-state index in [2.05, 4.69) is 53.5 Å². The van der Waals surface area contributed by atoms with Gasteiger partial charge in [0.25, 0.3) is 0 Å². The van der Waals surface area contributed by atoms with E-state index >= 15 is 0 Å². The monoisotopic (exact) mass is 335 g/mol. The van der Waals surface area contributed by atoms with E-state index in [0.717, 1.165) is 45.0 Å². The van der Waals surface area contributed by atoms with Gasteiger partial charge in [-0.2, -0.15) is 5.26 Å². The Morgan fingerprint density at radius 1 is 1.16 bits per heavy atom. The fraction of sp³-hybridized carbons (Fsp3) is 0.381. The van der Waals surface area contributed by atoms with Gasteiger partial charge in [-0.1, -0.05) is 42.0 Å². The molecule has 2 aromatic carbocycles. The predicted molar refractivity (Wildman–Crippen MR) is 99.2 cm³/mol. The number of benzene rings is 2. The first-order valence-corrected chi connectivity index (χ1v) is 8.84. The van der Waals surface area contributed by atoms with E-state index in [1.165, 1.54) is 11.1 Å². The highest BCUT2D eigenvalue weighted by atomic mass is 16.5. The van der Waals surface area contributed by atoms with Crippen LogP contribution in [0.15, 0.2) is 48.5 Å². The highest BCUT2D eigenvalue weighted by molar-refractivity contribution is 5.32. The summed E-state index contributed by atoms with van der Waals surface area (Å²) in [5.41, 5.74) is 4.47. The lowest BCUT2D eigenvalue weighted by atomic mass is 10.0. The molecule has 25 heavy (non-hydrogen) atoms. The molecule has 0 amide bonds. The molecule has 1 saturated heterocycles. The van der Waals surface area contributed by atoms with Crippen LogP contribution >= 0.6 is 0 Å². The third-order valence-electron chi connectivity index (χ3n) is 4.67. The summed E-state index contributed by atoms with van der Waals surface area (Å²) in [6.07, 6.45) is 0. The van der Waals surface area contributed by atoms with E-state index in [1.54, 1.807) is 0 Å². The molecular formula is C21H25N3O. The minimum absolute atomic E-state index is 0.337. The zero-order valence-corrected chi connectivity index (χ0v) is 14.7. The summed E-state index contributed by atoms with van der Waals surface area (Å²) in [5, 5.41) is 12.6. The van der Waals surface area contributed by atoms with Crippen molar-refractivity contribution in [2.75, 3.05) is 32.8 Å². The maximum atomic E-state index is 9.03. The standard InChI is InChI=1S/C21H25N3O/c1-17-5-7-20(8-6-17)21(24-9-11-25-12-10-24)16-23-15-19-4-2-3-18(13-19)14-22/h2-8,13,21,23H,9-12,15-16H2,1H3. The summed E-state index contributed by atoms with van der Waals surface area (Å²) in [6, 6.07) is 19.1. The molecule has 1 atom stereocenters. The van der Waals surface area contributed by atoms with Crippen LogP contribution in [0.2, 0.25) is 0 Å². The summed E-state index contributed by atoms with van der Waals surface area (Å²) >= 11 is 0. The Labute approximate surface area is 150 Å². The maximum Gasteiger partial charge on any atom is 0.0991 e. The van der Waals surface area contributed by atoms with Crippen molar-refractivity contribution in [1.82, 2.24) is 10.2 Å². The molecule has 1 aliphatic rings. The van der Waals surface area contributed by atoms with Crippen LogP contribution in [0.4, 0.5) is 0 Å². The third kappa shape index (κ3) is 4.90. The summed E-state index contributed by atoms with van der Waals surface area (Å²) in [7, 11) is 0. The van der Waals surface area contributed by atoms with E-state index in [9.17, 15) is 0 Å². The number of nitrogens with zero attached hydrogens (tertiary/aromatic N) is 2. The van der Waals surface area contributed by atoms with Gasteiger partial charge >= 0.3 is 0 Å². The number of hydrogen-bond acceptors (Lipinski definition) is 4. The Balaban J connectivity index is 1.66. The molecule has 4 nitrogen and oxygen atoms in total. The number of rotatable bonds is 6. The van der Waals surface area contributed by atoms with Gasteiger partial charge in [-0.05, 0) is 30.2 Å². The molecular weight excluding hydrogens is 310 g/mol. The molecule has 3 rings (SSSR count). The topological polar surface area (TPSA) is 48.3 Å². The van der Waals surface area contributed by atoms with Gasteiger partial charge < -0.3 is 10.1 Å². The zero-order chi connectivity index (χ0) is 17.5. The summed E-state index contributed by atoms with van der Waals surface area (Å²) in [6.45, 7) is 7.28. The van der Waals surface area contributed by atoms with Gasteiger partial charge in [-0.25, -0.2) is 0 Å². The Bertz CT molecular complexity index is 715. The van der Waals surface area contributed by atoms with Crippen LogP contribution in [-0.2, 0) is 11.3 Å². The third-order valence-corrected chi connectivity index (χ3v) is 4.67. The van der Waals surface area contributed by atoms with Gasteiger partial charge in [0.1, 0.15) is 0 Å². The Morgan fingerprint density at radius 2 is 1.92 bits per heavy atom. The summed E-state index contributed by atoms with van der Waals surface area (Å²) in [4.78, 5) is 2.49. The maximum absolute atomic E-state index is 9.03. The zero-order valence-electron chi connectivity index (χ0n) is 14.7. The molecule has 0 aliphatic carbocycles. The lowest BCUT2D eigenvalue weighted by Gasteiger charge is -2.35. The van der Waals surface area contributed by atoms with Gasteiger partial charge in [-0.15, -0.1) is 0 Å². The fourth-order valence-corrected chi connectivity index (χ4v) is 3.24. The number of nitrogens with one attached hydrogen (secondary N) is 1. The minimum atomic E-state index is 0.337. The number of aryl methyl sites for hydroxylation is 1. The van der Waals surface area contributed by atoms with E-state index in [0.29, 0.717) is 11.6 Å². The SMILES string of the molecule is Cc1ccc(C(CNCc2cccc(C#N)c2)N2CCOCC2)cc1. The molecule has 1 unspecified atom stereocenters. The molecule has 0 spiro atoms. The van der Waals surface area contributed by atoms with Crippen LogP contribution in [-0.4, -0.2) is 37.7 Å². The molecule has 1 fully saturated rings. The molecule has 130 valence electrons. The number of hydrogen-bond donors (Lipinski definition) is 1. The van der Waals surface area contributed by atoms with E-state index in [-0.39, 0.29) is 0 Å². The quantitative estimate of drug-likeness (QED) is 0.881. The second kappa shape index (κ2) is 8.77. The van der Waals surface area contributed by atoms with Crippen LogP contribution < -0.4 is 5.32 Å². The molecule has 0 bridgehead atoms. The molecule has 0 saturated carbocycles. The summed E-state index contributed by atoms with van der Waals surface area (Å²) in [5.74, 6) is 0. The Hall–Kier alpha value is -2.19. The predicted octanol–water partition coefficient (Wildman–Crippen LogP) is 3.03. The van der Waals surface area contributed by atoms with E-state index in [1.807, 2.05) is 18.2 Å². The largest absolute Gasteiger partial charge is 0.379 e. The highest BCUT2D eigenvalue weighted by Crippen LogP contribution is 2.22. The number of ether oxygens (including phenoxy) is 1. The van der Waals surface area contributed by atoms with Gasteiger partial charge in [0, 0.05) is 32.2 Å². The fourth-order valence-electron chi connectivity index (χ4n) is 3.24. The van der Waals surface area contributed by atoms with Crippen molar-refractivity contribution in [2.45, 2.75) is 19.5 Å². The van der Waals surface area contributed by atoms with Gasteiger partial charge in [0.15, 0.2) is 0 Å².